The standard InChI is InChI=1S/C27H25ClN6O3S/c1-3-34(15-7-14-29)27(35)18-8-6-9-20(16-18)38(36)33-26-25(30-22-10-4-5-11-23(22)31-26)32-24-17-19(37-2)12-13-21(24)28/h4-6,8-13,16-17H,3,7,15H2,1-2H3,(H,30,32)(H,31,33). The molecule has 4 rings (SSSR count). The molecule has 0 saturated heterocycles. The maximum absolute atomic E-state index is 13.4. The van der Waals surface area contributed by atoms with Gasteiger partial charge in [-0.05, 0) is 49.4 Å². The van der Waals surface area contributed by atoms with Crippen LogP contribution in [0.4, 0.5) is 17.3 Å². The lowest BCUT2D eigenvalue weighted by Crippen LogP contribution is -2.31. The summed E-state index contributed by atoms with van der Waals surface area (Å²) in [5.41, 5.74) is 2.15. The summed E-state index contributed by atoms with van der Waals surface area (Å²) in [5, 5.41) is 12.5. The van der Waals surface area contributed by atoms with Gasteiger partial charge in [-0.15, -0.1) is 0 Å². The predicted molar refractivity (Wildman–Crippen MR) is 149 cm³/mol. The van der Waals surface area contributed by atoms with Crippen LogP contribution in [-0.4, -0.2) is 45.2 Å². The zero-order valence-electron chi connectivity index (χ0n) is 20.8. The molecular formula is C27H25ClN6O3S. The summed E-state index contributed by atoms with van der Waals surface area (Å²) in [6, 6.07) is 21.1. The molecule has 3 aromatic carbocycles. The lowest BCUT2D eigenvalue weighted by molar-refractivity contribution is 0.0767. The molecule has 0 aliphatic carbocycles. The molecule has 38 heavy (non-hydrogen) atoms. The minimum atomic E-state index is -1.78. The number of methoxy groups -OCH3 is 1. The first-order valence-electron chi connectivity index (χ1n) is 11.8. The molecule has 9 nitrogen and oxygen atoms in total. The molecule has 11 heteroatoms. The van der Waals surface area contributed by atoms with Crippen LogP contribution >= 0.6 is 11.6 Å². The maximum atomic E-state index is 13.4. The van der Waals surface area contributed by atoms with Crippen molar-refractivity contribution in [3.8, 4) is 11.8 Å². The van der Waals surface area contributed by atoms with E-state index in [4.69, 9.17) is 21.6 Å². The molecule has 0 spiro atoms. The smallest absolute Gasteiger partial charge is 0.253 e. The van der Waals surface area contributed by atoms with Gasteiger partial charge >= 0.3 is 0 Å². The monoisotopic (exact) mass is 548 g/mol. The summed E-state index contributed by atoms with van der Waals surface area (Å²) in [5.74, 6) is 0.915. The fourth-order valence-electron chi connectivity index (χ4n) is 3.68. The van der Waals surface area contributed by atoms with Crippen molar-refractivity contribution in [3.63, 3.8) is 0 Å². The van der Waals surface area contributed by atoms with Crippen molar-refractivity contribution in [1.29, 1.82) is 5.26 Å². The molecule has 1 amide bonds. The SMILES string of the molecule is CCN(CCC#N)C(=O)c1cccc(S(=O)Nc2nc3ccccc3nc2Nc2cc(OC)ccc2Cl)c1. The van der Waals surface area contributed by atoms with Crippen LogP contribution in [0.5, 0.6) is 5.75 Å². The van der Waals surface area contributed by atoms with Gasteiger partial charge < -0.3 is 15.0 Å². The van der Waals surface area contributed by atoms with Crippen molar-refractivity contribution >= 4 is 56.9 Å². The lowest BCUT2D eigenvalue weighted by Gasteiger charge is -2.20. The molecule has 1 heterocycles. The molecule has 0 aliphatic rings. The Morgan fingerprint density at radius 2 is 1.82 bits per heavy atom. The molecule has 0 saturated carbocycles. The number of benzene rings is 3. The summed E-state index contributed by atoms with van der Waals surface area (Å²) in [7, 11) is -0.221. The molecule has 0 aliphatic heterocycles. The first-order valence-corrected chi connectivity index (χ1v) is 13.3. The number of nitriles is 1. The van der Waals surface area contributed by atoms with Crippen molar-refractivity contribution in [1.82, 2.24) is 14.9 Å². The van der Waals surface area contributed by atoms with Gasteiger partial charge in [-0.3, -0.25) is 9.52 Å². The molecule has 194 valence electrons. The van der Waals surface area contributed by atoms with Gasteiger partial charge in [-0.1, -0.05) is 29.8 Å². The summed E-state index contributed by atoms with van der Waals surface area (Å²) in [6.07, 6.45) is 0.237. The highest BCUT2D eigenvalue weighted by Gasteiger charge is 2.18. The quantitative estimate of drug-likeness (QED) is 0.267. The molecule has 2 N–H and O–H groups in total. The van der Waals surface area contributed by atoms with Crippen molar-refractivity contribution in [3.05, 3.63) is 77.3 Å². The Kier molecular flexibility index (Phi) is 8.73. The van der Waals surface area contributed by atoms with E-state index in [1.807, 2.05) is 25.1 Å². The number of ether oxygens (including phenoxy) is 1. The Morgan fingerprint density at radius 1 is 1.08 bits per heavy atom. The van der Waals surface area contributed by atoms with Gasteiger partial charge in [0.15, 0.2) is 22.6 Å². The Labute approximate surface area is 228 Å². The second-order valence-corrected chi connectivity index (χ2v) is 9.69. The molecule has 0 bridgehead atoms. The maximum Gasteiger partial charge on any atom is 0.253 e. The lowest BCUT2D eigenvalue weighted by atomic mass is 10.2. The molecule has 1 aromatic heterocycles. The van der Waals surface area contributed by atoms with Crippen molar-refractivity contribution < 1.29 is 13.7 Å². The van der Waals surface area contributed by atoms with Crippen LogP contribution in [-0.2, 0) is 11.0 Å². The van der Waals surface area contributed by atoms with E-state index in [9.17, 15) is 9.00 Å². The third-order valence-electron chi connectivity index (χ3n) is 5.64. The van der Waals surface area contributed by atoms with Gasteiger partial charge in [-0.25, -0.2) is 14.2 Å². The average Bonchev–Trinajstić information content (AvgIpc) is 2.94. The Hall–Kier alpha value is -4.20. The fourth-order valence-corrected chi connectivity index (χ4v) is 4.71. The van der Waals surface area contributed by atoms with Crippen LogP contribution in [0.3, 0.4) is 0 Å². The fraction of sp³-hybridized carbons (Fsp3) is 0.185. The molecular weight excluding hydrogens is 524 g/mol. The number of fused-ring (bicyclic) bond motifs is 1. The number of anilines is 3. The van der Waals surface area contributed by atoms with E-state index in [0.29, 0.717) is 56.9 Å². The first-order chi connectivity index (χ1) is 18.4. The number of hydrogen-bond donors (Lipinski definition) is 2. The number of halogens is 1. The van der Waals surface area contributed by atoms with E-state index in [0.717, 1.165) is 0 Å². The minimum Gasteiger partial charge on any atom is -0.497 e. The third-order valence-corrected chi connectivity index (χ3v) is 7.03. The Balaban J connectivity index is 1.66. The number of nitrogens with zero attached hydrogens (tertiary/aromatic N) is 4. The van der Waals surface area contributed by atoms with Crippen LogP contribution in [0.1, 0.15) is 23.7 Å². The summed E-state index contributed by atoms with van der Waals surface area (Å²) in [4.78, 5) is 24.2. The van der Waals surface area contributed by atoms with E-state index >= 15 is 0 Å². The van der Waals surface area contributed by atoms with Crippen molar-refractivity contribution in [2.24, 2.45) is 0 Å². The normalized spacial score (nSPS) is 11.4. The minimum absolute atomic E-state index is 0.234. The number of hydrogen-bond acceptors (Lipinski definition) is 7. The van der Waals surface area contributed by atoms with E-state index in [-0.39, 0.29) is 18.1 Å². The number of rotatable bonds is 10. The highest BCUT2D eigenvalue weighted by molar-refractivity contribution is 7.86. The second-order valence-electron chi connectivity index (χ2n) is 8.07. The molecule has 1 atom stereocenters. The second kappa shape index (κ2) is 12.4. The van der Waals surface area contributed by atoms with Gasteiger partial charge in [-0.2, -0.15) is 5.26 Å². The van der Waals surface area contributed by atoms with E-state index < -0.39 is 11.0 Å². The van der Waals surface area contributed by atoms with Crippen LogP contribution < -0.4 is 14.8 Å². The number of aromatic nitrogens is 2. The average molecular weight is 549 g/mol. The molecule has 1 unspecified atom stereocenters. The van der Waals surface area contributed by atoms with E-state index in [1.54, 1.807) is 60.5 Å². The predicted octanol–water partition coefficient (Wildman–Crippen LogP) is 5.55. The third kappa shape index (κ3) is 6.19. The Morgan fingerprint density at radius 3 is 2.50 bits per heavy atom. The van der Waals surface area contributed by atoms with Crippen molar-refractivity contribution in [2.75, 3.05) is 30.2 Å². The van der Waals surface area contributed by atoms with Gasteiger partial charge in [0.2, 0.25) is 0 Å². The number of nitrogens with one attached hydrogen (secondary N) is 2. The van der Waals surface area contributed by atoms with E-state index in [1.165, 1.54) is 0 Å². The topological polar surface area (TPSA) is 120 Å². The number of para-hydroxylation sites is 2. The van der Waals surface area contributed by atoms with Crippen LogP contribution in [0, 0.1) is 11.3 Å². The summed E-state index contributed by atoms with van der Waals surface area (Å²) < 4.78 is 21.6. The van der Waals surface area contributed by atoms with Gasteiger partial charge in [0.05, 0.1) is 46.2 Å². The highest BCUT2D eigenvalue weighted by atomic mass is 35.5. The Bertz CT molecular complexity index is 1540. The van der Waals surface area contributed by atoms with E-state index in [2.05, 4.69) is 26.1 Å². The van der Waals surface area contributed by atoms with Gasteiger partial charge in [0.25, 0.3) is 5.91 Å². The number of amides is 1. The first kappa shape index (κ1) is 26.9. The van der Waals surface area contributed by atoms with Crippen LogP contribution in [0.15, 0.2) is 71.6 Å². The van der Waals surface area contributed by atoms with Gasteiger partial charge in [0, 0.05) is 24.7 Å². The molecule has 4 aromatic rings. The summed E-state index contributed by atoms with van der Waals surface area (Å²) >= 11 is 6.39. The largest absolute Gasteiger partial charge is 0.497 e. The highest BCUT2D eigenvalue weighted by Crippen LogP contribution is 2.32. The molecule has 0 fully saturated rings. The van der Waals surface area contributed by atoms with Crippen LogP contribution in [0.25, 0.3) is 11.0 Å². The zero-order valence-corrected chi connectivity index (χ0v) is 22.3. The summed E-state index contributed by atoms with van der Waals surface area (Å²) in [6.45, 7) is 2.63. The number of carbonyl (C=O) groups excluding carboxylic acids is 1. The van der Waals surface area contributed by atoms with Crippen LogP contribution in [0.2, 0.25) is 5.02 Å². The molecule has 0 radical (unpaired) electrons. The van der Waals surface area contributed by atoms with Crippen molar-refractivity contribution in [2.45, 2.75) is 18.2 Å². The van der Waals surface area contributed by atoms with Gasteiger partial charge in [0.1, 0.15) is 5.75 Å². The number of carbonyl (C=O) groups is 1. The zero-order chi connectivity index (χ0) is 27.1.